The zero-order valence-electron chi connectivity index (χ0n) is 17.2. The molecule has 1 atom stereocenters. The van der Waals surface area contributed by atoms with Crippen LogP contribution in [0, 0.1) is 5.92 Å². The van der Waals surface area contributed by atoms with Crippen molar-refractivity contribution in [2.24, 2.45) is 16.6 Å². The van der Waals surface area contributed by atoms with Crippen LogP contribution in [0.2, 0.25) is 0 Å². The first kappa shape index (κ1) is 21.0. The van der Waals surface area contributed by atoms with Crippen LogP contribution in [0.4, 0.5) is 5.69 Å². The van der Waals surface area contributed by atoms with Crippen molar-refractivity contribution in [2.45, 2.75) is 19.3 Å². The van der Waals surface area contributed by atoms with E-state index in [4.69, 9.17) is 5.73 Å². The summed E-state index contributed by atoms with van der Waals surface area (Å²) in [5.74, 6) is 0.797. The fourth-order valence-corrected chi connectivity index (χ4v) is 4.16. The molecule has 1 aromatic carbocycles. The highest BCUT2D eigenvalue weighted by Gasteiger charge is 2.25. The van der Waals surface area contributed by atoms with Gasteiger partial charge in [-0.05, 0) is 30.9 Å². The molecule has 1 unspecified atom stereocenters. The molecule has 2 amide bonds. The molecule has 2 aliphatic rings. The van der Waals surface area contributed by atoms with Crippen LogP contribution in [0.3, 0.4) is 0 Å². The number of hydrogen-bond donors (Lipinski definition) is 2. The molecule has 8 nitrogen and oxygen atoms in total. The molecule has 0 aromatic heterocycles. The summed E-state index contributed by atoms with van der Waals surface area (Å²) in [5.41, 5.74) is 6.55. The van der Waals surface area contributed by atoms with Crippen molar-refractivity contribution in [1.29, 1.82) is 0 Å². The lowest BCUT2D eigenvalue weighted by Crippen LogP contribution is -2.53. The number of likely N-dealkylation sites (tertiary alicyclic amines) is 1. The molecule has 2 heterocycles. The van der Waals surface area contributed by atoms with E-state index in [9.17, 15) is 9.59 Å². The molecule has 1 aromatic rings. The van der Waals surface area contributed by atoms with E-state index >= 15 is 0 Å². The molecule has 0 aliphatic carbocycles. The maximum atomic E-state index is 12.7. The zero-order valence-corrected chi connectivity index (χ0v) is 17.2. The molecular weight excluding hydrogens is 368 g/mol. The van der Waals surface area contributed by atoms with Crippen molar-refractivity contribution in [3.05, 3.63) is 30.3 Å². The Labute approximate surface area is 172 Å². The monoisotopic (exact) mass is 400 g/mol. The summed E-state index contributed by atoms with van der Waals surface area (Å²) in [7, 11) is 1.73. The molecule has 0 saturated carbocycles. The maximum absolute atomic E-state index is 12.7. The van der Waals surface area contributed by atoms with Gasteiger partial charge in [0.15, 0.2) is 5.96 Å². The number of piperidine rings is 1. The normalized spacial score (nSPS) is 20.5. The maximum Gasteiger partial charge on any atom is 0.242 e. The summed E-state index contributed by atoms with van der Waals surface area (Å²) in [6.07, 6.45) is 2.40. The third kappa shape index (κ3) is 5.85. The van der Waals surface area contributed by atoms with Gasteiger partial charge in [-0.1, -0.05) is 18.2 Å². The summed E-state index contributed by atoms with van der Waals surface area (Å²) in [4.78, 5) is 34.6. The third-order valence-electron chi connectivity index (χ3n) is 5.67. The highest BCUT2D eigenvalue weighted by molar-refractivity contribution is 5.86. The Hall–Kier alpha value is -2.77. The number of carbonyl (C=O) groups excluding carboxylic acids is 2. The van der Waals surface area contributed by atoms with Crippen molar-refractivity contribution < 1.29 is 9.59 Å². The summed E-state index contributed by atoms with van der Waals surface area (Å²) >= 11 is 0. The predicted molar refractivity (Wildman–Crippen MR) is 115 cm³/mol. The average Bonchev–Trinajstić information content (AvgIpc) is 2.74. The van der Waals surface area contributed by atoms with Crippen LogP contribution in [0.5, 0.6) is 0 Å². The second-order valence-electron chi connectivity index (χ2n) is 7.73. The van der Waals surface area contributed by atoms with Crippen LogP contribution in [-0.2, 0) is 9.59 Å². The number of para-hydroxylation sites is 1. The second-order valence-corrected chi connectivity index (χ2v) is 7.73. The van der Waals surface area contributed by atoms with Crippen molar-refractivity contribution in [2.75, 3.05) is 57.8 Å². The second kappa shape index (κ2) is 10.1. The van der Waals surface area contributed by atoms with Crippen LogP contribution in [0.15, 0.2) is 35.3 Å². The number of nitrogens with one attached hydrogen (secondary N) is 1. The first-order valence-corrected chi connectivity index (χ1v) is 10.4. The Bertz CT molecular complexity index is 715. The summed E-state index contributed by atoms with van der Waals surface area (Å²) in [6, 6.07) is 10.3. The van der Waals surface area contributed by atoms with Gasteiger partial charge in [0.05, 0.1) is 6.54 Å². The van der Waals surface area contributed by atoms with Gasteiger partial charge < -0.3 is 25.8 Å². The van der Waals surface area contributed by atoms with E-state index in [0.29, 0.717) is 6.42 Å². The highest BCUT2D eigenvalue weighted by Crippen LogP contribution is 2.19. The molecule has 8 heteroatoms. The van der Waals surface area contributed by atoms with Crippen molar-refractivity contribution in [3.63, 3.8) is 0 Å². The minimum atomic E-state index is -0.260. The lowest BCUT2D eigenvalue weighted by molar-refractivity contribution is -0.130. The minimum Gasteiger partial charge on any atom is -0.370 e. The quantitative estimate of drug-likeness (QED) is 0.554. The molecule has 0 bridgehead atoms. The Morgan fingerprint density at radius 3 is 2.48 bits per heavy atom. The average molecular weight is 401 g/mol. The van der Waals surface area contributed by atoms with E-state index in [0.717, 1.165) is 58.1 Å². The van der Waals surface area contributed by atoms with E-state index in [1.54, 1.807) is 7.05 Å². The Balaban J connectivity index is 1.45. The number of guanidine groups is 1. The van der Waals surface area contributed by atoms with Crippen molar-refractivity contribution in [3.8, 4) is 0 Å². The van der Waals surface area contributed by atoms with Gasteiger partial charge in [-0.3, -0.25) is 14.6 Å². The number of benzene rings is 1. The number of piperazine rings is 1. The van der Waals surface area contributed by atoms with E-state index in [-0.39, 0.29) is 24.3 Å². The summed E-state index contributed by atoms with van der Waals surface area (Å²) in [6.45, 7) is 4.97. The van der Waals surface area contributed by atoms with Gasteiger partial charge in [0.2, 0.25) is 11.8 Å². The molecule has 2 saturated heterocycles. The lowest BCUT2D eigenvalue weighted by atomic mass is 9.95. The number of amides is 2. The van der Waals surface area contributed by atoms with Gasteiger partial charge in [-0.25, -0.2) is 0 Å². The van der Waals surface area contributed by atoms with Crippen molar-refractivity contribution >= 4 is 23.5 Å². The predicted octanol–water partition coefficient (Wildman–Crippen LogP) is 0.498. The molecule has 158 valence electrons. The molecule has 0 spiro atoms. The lowest BCUT2D eigenvalue weighted by Gasteiger charge is -2.37. The minimum absolute atomic E-state index is 0.0876. The van der Waals surface area contributed by atoms with Crippen molar-refractivity contribution in [1.82, 2.24) is 15.1 Å². The third-order valence-corrected chi connectivity index (χ3v) is 5.67. The van der Waals surface area contributed by atoms with E-state index in [2.05, 4.69) is 32.2 Å². The first-order valence-electron chi connectivity index (χ1n) is 10.4. The molecule has 2 fully saturated rings. The molecular formula is C21H32N6O2. The Kier molecular flexibility index (Phi) is 7.32. The Morgan fingerprint density at radius 1 is 1.10 bits per heavy atom. The Morgan fingerprint density at radius 2 is 1.83 bits per heavy atom. The smallest absolute Gasteiger partial charge is 0.242 e. The van der Waals surface area contributed by atoms with Gasteiger partial charge in [-0.15, -0.1) is 0 Å². The topological polar surface area (TPSA) is 94.3 Å². The number of nitrogens with zero attached hydrogens (tertiary/aromatic N) is 4. The molecule has 2 aliphatic heterocycles. The van der Waals surface area contributed by atoms with Crippen LogP contribution >= 0.6 is 0 Å². The number of primary amides is 1. The largest absolute Gasteiger partial charge is 0.370 e. The fraction of sp³-hybridized carbons (Fsp3) is 0.571. The van der Waals surface area contributed by atoms with Crippen LogP contribution in [0.1, 0.15) is 19.3 Å². The van der Waals surface area contributed by atoms with E-state index < -0.39 is 0 Å². The number of anilines is 1. The van der Waals surface area contributed by atoms with Crippen LogP contribution in [0.25, 0.3) is 0 Å². The van der Waals surface area contributed by atoms with Gasteiger partial charge in [0, 0.05) is 58.4 Å². The van der Waals surface area contributed by atoms with Gasteiger partial charge in [0.25, 0.3) is 0 Å². The molecule has 3 rings (SSSR count). The molecule has 29 heavy (non-hydrogen) atoms. The number of nitrogens with two attached hydrogens (primary N) is 1. The number of hydrogen-bond acceptors (Lipinski definition) is 4. The van der Waals surface area contributed by atoms with Gasteiger partial charge in [0.1, 0.15) is 0 Å². The standard InChI is InChI=1S/C21H32N6O2/c1-23-21(27-9-5-6-17(16-27)14-19(22)28)24-15-20(29)26-12-10-25(11-13-26)18-7-3-2-4-8-18/h2-4,7-8,17H,5-6,9-16H2,1H3,(H2,22,28)(H,23,24). The number of rotatable bonds is 5. The number of aliphatic imine (C=N–C) groups is 1. The van der Waals surface area contributed by atoms with Crippen LogP contribution < -0.4 is 16.0 Å². The molecule has 3 N–H and O–H groups in total. The molecule has 0 radical (unpaired) electrons. The van der Waals surface area contributed by atoms with Gasteiger partial charge in [-0.2, -0.15) is 0 Å². The SMILES string of the molecule is CN=C(NCC(=O)N1CCN(c2ccccc2)CC1)N1CCCC(CC(N)=O)C1. The van der Waals surface area contributed by atoms with Gasteiger partial charge >= 0.3 is 0 Å². The summed E-state index contributed by atoms with van der Waals surface area (Å²) < 4.78 is 0. The van der Waals surface area contributed by atoms with E-state index in [1.807, 2.05) is 23.1 Å². The van der Waals surface area contributed by atoms with Crippen LogP contribution in [-0.4, -0.2) is 80.4 Å². The number of carbonyl (C=O) groups is 2. The first-order chi connectivity index (χ1) is 14.1. The fourth-order valence-electron chi connectivity index (χ4n) is 4.16. The highest BCUT2D eigenvalue weighted by atomic mass is 16.2. The van der Waals surface area contributed by atoms with E-state index in [1.165, 1.54) is 5.69 Å². The zero-order chi connectivity index (χ0) is 20.6. The summed E-state index contributed by atoms with van der Waals surface area (Å²) in [5, 5.41) is 3.21.